The lowest BCUT2D eigenvalue weighted by Crippen LogP contribution is -2.34. The van der Waals surface area contributed by atoms with E-state index in [1.54, 1.807) is 10.6 Å². The molecule has 1 aliphatic rings. The minimum absolute atomic E-state index is 0.0787. The van der Waals surface area contributed by atoms with Crippen LogP contribution >= 0.6 is 11.6 Å². The number of benzene rings is 2. The van der Waals surface area contributed by atoms with E-state index in [0.29, 0.717) is 15.9 Å². The number of piperidine rings is 1. The number of rotatable bonds is 2. The number of para-hydroxylation sites is 1. The maximum absolute atomic E-state index is 13.2. The summed E-state index contributed by atoms with van der Waals surface area (Å²) in [7, 11) is 0. The molecule has 0 radical (unpaired) electrons. The Morgan fingerprint density at radius 2 is 1.92 bits per heavy atom. The van der Waals surface area contributed by atoms with Gasteiger partial charge in [-0.1, -0.05) is 42.3 Å². The van der Waals surface area contributed by atoms with Crippen LogP contribution in [0.4, 0.5) is 0 Å². The van der Waals surface area contributed by atoms with Gasteiger partial charge in [-0.2, -0.15) is 0 Å². The van der Waals surface area contributed by atoms with E-state index in [1.165, 1.54) is 0 Å². The zero-order chi connectivity index (χ0) is 16.5. The molecule has 1 N–H and O–H groups in total. The predicted octanol–water partition coefficient (Wildman–Crippen LogP) is 3.85. The van der Waals surface area contributed by atoms with Crippen molar-refractivity contribution in [3.8, 4) is 5.69 Å². The van der Waals surface area contributed by atoms with E-state index < -0.39 is 0 Å². The van der Waals surface area contributed by atoms with Crippen LogP contribution in [0, 0.1) is 0 Å². The molecular weight excluding hydrogens is 322 g/mol. The minimum atomic E-state index is -0.112. The monoisotopic (exact) mass is 339 g/mol. The molecule has 0 unspecified atom stereocenters. The molecular formula is C19H18ClN3O. The fourth-order valence-corrected chi connectivity index (χ4v) is 3.59. The Hall–Kier alpha value is -2.17. The Morgan fingerprint density at radius 1 is 1.08 bits per heavy atom. The van der Waals surface area contributed by atoms with Crippen molar-refractivity contribution in [2.75, 3.05) is 6.54 Å². The van der Waals surface area contributed by atoms with Crippen LogP contribution in [0.2, 0.25) is 5.02 Å². The number of aromatic nitrogens is 2. The normalized spacial score (nSPS) is 18.0. The van der Waals surface area contributed by atoms with Gasteiger partial charge in [0, 0.05) is 0 Å². The van der Waals surface area contributed by atoms with Gasteiger partial charge in [-0.3, -0.25) is 9.36 Å². The third-order valence-electron chi connectivity index (χ3n) is 4.51. The quantitative estimate of drug-likeness (QED) is 0.771. The number of halogens is 1. The Balaban J connectivity index is 2.04. The van der Waals surface area contributed by atoms with Crippen molar-refractivity contribution in [2.45, 2.75) is 25.3 Å². The molecule has 2 aromatic carbocycles. The molecule has 3 aromatic rings. The molecule has 0 bridgehead atoms. The van der Waals surface area contributed by atoms with E-state index in [0.717, 1.165) is 37.3 Å². The van der Waals surface area contributed by atoms with Gasteiger partial charge in [0.2, 0.25) is 0 Å². The summed E-state index contributed by atoms with van der Waals surface area (Å²) in [5.41, 5.74) is 1.36. The minimum Gasteiger partial charge on any atom is -0.307 e. The molecule has 0 aliphatic carbocycles. The average molecular weight is 340 g/mol. The predicted molar refractivity (Wildman–Crippen MR) is 96.9 cm³/mol. The Morgan fingerprint density at radius 3 is 2.67 bits per heavy atom. The van der Waals surface area contributed by atoms with Crippen molar-refractivity contribution in [2.24, 2.45) is 0 Å². The molecule has 1 fully saturated rings. The third-order valence-corrected chi connectivity index (χ3v) is 4.82. The van der Waals surface area contributed by atoms with Crippen molar-refractivity contribution in [3.63, 3.8) is 0 Å². The van der Waals surface area contributed by atoms with Gasteiger partial charge in [0.15, 0.2) is 0 Å². The molecule has 122 valence electrons. The number of nitrogens with zero attached hydrogens (tertiary/aromatic N) is 2. The van der Waals surface area contributed by atoms with Gasteiger partial charge in [-0.15, -0.1) is 0 Å². The highest BCUT2D eigenvalue weighted by atomic mass is 35.5. The lowest BCUT2D eigenvalue weighted by Gasteiger charge is -2.26. The van der Waals surface area contributed by atoms with Crippen molar-refractivity contribution in [1.82, 2.24) is 14.9 Å². The highest BCUT2D eigenvalue weighted by Gasteiger charge is 2.23. The van der Waals surface area contributed by atoms with E-state index in [9.17, 15) is 4.79 Å². The van der Waals surface area contributed by atoms with Crippen LogP contribution in [0.3, 0.4) is 0 Å². The molecule has 1 aromatic heterocycles. The summed E-state index contributed by atoms with van der Waals surface area (Å²) in [6.07, 6.45) is 3.27. The number of nitrogens with one attached hydrogen (secondary N) is 1. The number of hydrogen-bond acceptors (Lipinski definition) is 3. The maximum atomic E-state index is 13.2. The molecule has 0 amide bonds. The van der Waals surface area contributed by atoms with Crippen LogP contribution in [0.25, 0.3) is 16.6 Å². The fourth-order valence-electron chi connectivity index (χ4n) is 3.34. The highest BCUT2D eigenvalue weighted by Crippen LogP contribution is 2.26. The number of hydrogen-bond donors (Lipinski definition) is 1. The standard InChI is InChI=1S/C19H18ClN3O/c20-14-9-6-11-15-17(14)19(24)23(13-7-2-1-3-8-13)18(22-15)16-10-4-5-12-21-16/h1-3,6-9,11,16,21H,4-5,10,12H2/t16-/m0/s1. The third kappa shape index (κ3) is 2.62. The van der Waals surface area contributed by atoms with E-state index in [-0.39, 0.29) is 11.6 Å². The van der Waals surface area contributed by atoms with E-state index in [1.807, 2.05) is 42.5 Å². The van der Waals surface area contributed by atoms with Gasteiger partial charge in [0.05, 0.1) is 27.7 Å². The Bertz CT molecular complexity index is 930. The molecule has 24 heavy (non-hydrogen) atoms. The molecule has 2 heterocycles. The zero-order valence-corrected chi connectivity index (χ0v) is 14.0. The summed E-state index contributed by atoms with van der Waals surface area (Å²) >= 11 is 6.29. The lowest BCUT2D eigenvalue weighted by atomic mass is 10.0. The van der Waals surface area contributed by atoms with Crippen LogP contribution in [0.5, 0.6) is 0 Å². The van der Waals surface area contributed by atoms with Crippen molar-refractivity contribution >= 4 is 22.5 Å². The summed E-state index contributed by atoms with van der Waals surface area (Å²) in [6, 6.07) is 15.2. The Labute approximate surface area is 145 Å². The SMILES string of the molecule is O=c1c2c(Cl)cccc2nc([C@@H]2CCCCN2)n1-c1ccccc1. The van der Waals surface area contributed by atoms with E-state index in [4.69, 9.17) is 16.6 Å². The lowest BCUT2D eigenvalue weighted by molar-refractivity contribution is 0.391. The maximum Gasteiger partial charge on any atom is 0.267 e. The van der Waals surface area contributed by atoms with Gasteiger partial charge < -0.3 is 5.32 Å². The Kier molecular flexibility index (Phi) is 4.08. The molecule has 0 spiro atoms. The topological polar surface area (TPSA) is 46.9 Å². The van der Waals surface area contributed by atoms with Crippen LogP contribution in [0.1, 0.15) is 31.1 Å². The molecule has 1 aliphatic heterocycles. The van der Waals surface area contributed by atoms with Crippen LogP contribution in [-0.2, 0) is 0 Å². The first-order valence-corrected chi connectivity index (χ1v) is 8.63. The largest absolute Gasteiger partial charge is 0.307 e. The average Bonchev–Trinajstić information content (AvgIpc) is 2.63. The second-order valence-corrected chi connectivity index (χ2v) is 6.49. The molecule has 1 atom stereocenters. The fraction of sp³-hybridized carbons (Fsp3) is 0.263. The van der Waals surface area contributed by atoms with Crippen molar-refractivity contribution < 1.29 is 0 Å². The van der Waals surface area contributed by atoms with Gasteiger partial charge in [0.25, 0.3) is 5.56 Å². The first-order valence-electron chi connectivity index (χ1n) is 8.25. The van der Waals surface area contributed by atoms with E-state index >= 15 is 0 Å². The second-order valence-electron chi connectivity index (χ2n) is 6.08. The highest BCUT2D eigenvalue weighted by molar-refractivity contribution is 6.35. The van der Waals surface area contributed by atoms with Crippen LogP contribution in [-0.4, -0.2) is 16.1 Å². The smallest absolute Gasteiger partial charge is 0.267 e. The molecule has 5 heteroatoms. The summed E-state index contributed by atoms with van der Waals surface area (Å²) in [6.45, 7) is 0.947. The summed E-state index contributed by atoms with van der Waals surface area (Å²) in [4.78, 5) is 18.0. The number of fused-ring (bicyclic) bond motifs is 1. The molecule has 4 rings (SSSR count). The first-order chi connectivity index (χ1) is 11.8. The zero-order valence-electron chi connectivity index (χ0n) is 13.2. The van der Waals surface area contributed by atoms with Gasteiger partial charge in [-0.25, -0.2) is 4.98 Å². The van der Waals surface area contributed by atoms with Crippen LogP contribution in [0.15, 0.2) is 53.3 Å². The van der Waals surface area contributed by atoms with E-state index in [2.05, 4.69) is 5.32 Å². The molecule has 4 nitrogen and oxygen atoms in total. The van der Waals surface area contributed by atoms with Crippen LogP contribution < -0.4 is 10.9 Å². The van der Waals surface area contributed by atoms with Gasteiger partial charge >= 0.3 is 0 Å². The second kappa shape index (κ2) is 6.38. The van der Waals surface area contributed by atoms with Gasteiger partial charge in [0.1, 0.15) is 5.82 Å². The van der Waals surface area contributed by atoms with Gasteiger partial charge in [-0.05, 0) is 43.7 Å². The first kappa shape index (κ1) is 15.4. The van der Waals surface area contributed by atoms with Crippen molar-refractivity contribution in [1.29, 1.82) is 0 Å². The summed E-state index contributed by atoms with van der Waals surface area (Å²) in [5, 5.41) is 4.41. The molecule has 0 saturated carbocycles. The summed E-state index contributed by atoms with van der Waals surface area (Å²) in [5.74, 6) is 0.765. The summed E-state index contributed by atoms with van der Waals surface area (Å²) < 4.78 is 1.71. The van der Waals surface area contributed by atoms with Crippen molar-refractivity contribution in [3.05, 3.63) is 69.7 Å². The molecule has 1 saturated heterocycles.